The van der Waals surface area contributed by atoms with Crippen LogP contribution in [0.25, 0.3) is 6.08 Å². The number of likely N-dealkylation sites (tertiary alicyclic amines) is 1. The highest BCUT2D eigenvalue weighted by Crippen LogP contribution is 2.25. The molecule has 1 saturated heterocycles. The fraction of sp³-hybridized carbons (Fsp3) is 0.500. The number of nitrogens with zero attached hydrogens (tertiary/aromatic N) is 1. The fourth-order valence-electron chi connectivity index (χ4n) is 2.49. The molecule has 98 valence electrons. The summed E-state index contributed by atoms with van der Waals surface area (Å²) in [5.74, 6) is -0.893. The molecule has 1 unspecified atom stereocenters. The van der Waals surface area contributed by atoms with Gasteiger partial charge in [0.2, 0.25) is 0 Å². The van der Waals surface area contributed by atoms with Crippen molar-refractivity contribution in [1.82, 2.24) is 4.90 Å². The zero-order valence-electron chi connectivity index (χ0n) is 10.6. The van der Waals surface area contributed by atoms with Crippen molar-refractivity contribution in [3.8, 4) is 0 Å². The highest BCUT2D eigenvalue weighted by Gasteiger charge is 2.22. The van der Waals surface area contributed by atoms with Gasteiger partial charge in [-0.15, -0.1) is 11.3 Å². The Morgan fingerprint density at radius 2 is 2.44 bits per heavy atom. The van der Waals surface area contributed by atoms with E-state index in [0.29, 0.717) is 0 Å². The highest BCUT2D eigenvalue weighted by molar-refractivity contribution is 7.12. The van der Waals surface area contributed by atoms with E-state index in [1.165, 1.54) is 36.8 Å². The number of carboxylic acids is 1. The summed E-state index contributed by atoms with van der Waals surface area (Å²) in [4.78, 5) is 15.3. The van der Waals surface area contributed by atoms with Crippen LogP contribution >= 0.6 is 11.3 Å². The number of hydrogen-bond donors (Lipinski definition) is 1. The third-order valence-corrected chi connectivity index (χ3v) is 4.44. The minimum Gasteiger partial charge on any atom is -0.478 e. The number of carboxylic acid groups (broad SMARTS) is 1. The molecule has 4 heteroatoms. The van der Waals surface area contributed by atoms with Crippen LogP contribution in [0.3, 0.4) is 0 Å². The monoisotopic (exact) mass is 265 g/mol. The quantitative estimate of drug-likeness (QED) is 0.831. The van der Waals surface area contributed by atoms with Gasteiger partial charge in [-0.3, -0.25) is 4.90 Å². The van der Waals surface area contributed by atoms with E-state index in [-0.39, 0.29) is 0 Å². The molecule has 1 aliphatic rings. The topological polar surface area (TPSA) is 40.5 Å². The SMILES string of the molecule is CCC1CCCN1Cc1ccc(C=CC(=O)O)s1. The molecule has 0 saturated carbocycles. The Balaban J connectivity index is 1.96. The molecule has 0 spiro atoms. The van der Waals surface area contributed by atoms with Gasteiger partial charge in [-0.2, -0.15) is 0 Å². The molecule has 18 heavy (non-hydrogen) atoms. The Bertz CT molecular complexity index is 439. The van der Waals surface area contributed by atoms with Crippen molar-refractivity contribution in [1.29, 1.82) is 0 Å². The van der Waals surface area contributed by atoms with Crippen molar-refractivity contribution < 1.29 is 9.90 Å². The predicted molar refractivity (Wildman–Crippen MR) is 74.7 cm³/mol. The summed E-state index contributed by atoms with van der Waals surface area (Å²) < 4.78 is 0. The lowest BCUT2D eigenvalue weighted by atomic mass is 10.2. The van der Waals surface area contributed by atoms with E-state index in [1.54, 1.807) is 17.4 Å². The van der Waals surface area contributed by atoms with Crippen molar-refractivity contribution in [2.75, 3.05) is 6.54 Å². The summed E-state index contributed by atoms with van der Waals surface area (Å²) in [5.41, 5.74) is 0. The summed E-state index contributed by atoms with van der Waals surface area (Å²) in [5, 5.41) is 8.59. The molecule has 0 amide bonds. The number of rotatable bonds is 5. The van der Waals surface area contributed by atoms with Crippen LogP contribution in [0.2, 0.25) is 0 Å². The second kappa shape index (κ2) is 6.16. The number of thiophene rings is 1. The van der Waals surface area contributed by atoms with Gasteiger partial charge in [-0.05, 0) is 44.0 Å². The summed E-state index contributed by atoms with van der Waals surface area (Å²) >= 11 is 1.68. The van der Waals surface area contributed by atoms with Crippen molar-refractivity contribution in [2.24, 2.45) is 0 Å². The Kier molecular flexibility index (Phi) is 4.55. The second-order valence-electron chi connectivity index (χ2n) is 4.65. The predicted octanol–water partition coefficient (Wildman–Crippen LogP) is 3.22. The Morgan fingerprint density at radius 3 is 3.17 bits per heavy atom. The van der Waals surface area contributed by atoms with Gasteiger partial charge in [0.15, 0.2) is 0 Å². The van der Waals surface area contributed by atoms with E-state index in [2.05, 4.69) is 17.9 Å². The van der Waals surface area contributed by atoms with Gasteiger partial charge < -0.3 is 5.11 Å². The second-order valence-corrected chi connectivity index (χ2v) is 5.85. The Morgan fingerprint density at radius 1 is 1.61 bits per heavy atom. The van der Waals surface area contributed by atoms with Gasteiger partial charge >= 0.3 is 5.97 Å². The van der Waals surface area contributed by atoms with E-state index < -0.39 is 5.97 Å². The largest absolute Gasteiger partial charge is 0.478 e. The standard InChI is InChI=1S/C14H19NO2S/c1-2-11-4-3-9-15(11)10-13-6-5-12(18-13)7-8-14(16)17/h5-8,11H,2-4,9-10H2,1H3,(H,16,17). The molecule has 1 aromatic rings. The molecular formula is C14H19NO2S. The minimum atomic E-state index is -0.893. The third-order valence-electron chi connectivity index (χ3n) is 3.40. The van der Waals surface area contributed by atoms with Crippen LogP contribution in [-0.4, -0.2) is 28.6 Å². The lowest BCUT2D eigenvalue weighted by molar-refractivity contribution is -0.131. The van der Waals surface area contributed by atoms with Gasteiger partial charge in [0.1, 0.15) is 0 Å². The number of aliphatic carboxylic acids is 1. The molecular weight excluding hydrogens is 246 g/mol. The van der Waals surface area contributed by atoms with Crippen LogP contribution in [0, 0.1) is 0 Å². The van der Waals surface area contributed by atoms with Crippen LogP contribution in [0.1, 0.15) is 35.9 Å². The number of carbonyl (C=O) groups is 1. The first-order valence-corrected chi connectivity index (χ1v) is 7.24. The first-order valence-electron chi connectivity index (χ1n) is 6.43. The molecule has 2 heterocycles. The van der Waals surface area contributed by atoms with Crippen molar-refractivity contribution in [2.45, 2.75) is 38.8 Å². The van der Waals surface area contributed by atoms with Gasteiger partial charge in [0, 0.05) is 28.4 Å². The van der Waals surface area contributed by atoms with Gasteiger partial charge in [-0.1, -0.05) is 6.92 Å². The summed E-state index contributed by atoms with van der Waals surface area (Å²) in [6.07, 6.45) is 6.69. The van der Waals surface area contributed by atoms with Gasteiger partial charge in [0.05, 0.1) is 0 Å². The Labute approximate surface area is 112 Å². The third kappa shape index (κ3) is 3.43. The van der Waals surface area contributed by atoms with Crippen molar-refractivity contribution in [3.63, 3.8) is 0 Å². The molecule has 2 rings (SSSR count). The molecule has 1 aromatic heterocycles. The first kappa shape index (κ1) is 13.3. The normalized spacial score (nSPS) is 20.8. The van der Waals surface area contributed by atoms with Crippen LogP contribution in [0.15, 0.2) is 18.2 Å². The minimum absolute atomic E-state index is 0.727. The van der Waals surface area contributed by atoms with E-state index in [0.717, 1.165) is 17.5 Å². The highest BCUT2D eigenvalue weighted by atomic mass is 32.1. The zero-order valence-corrected chi connectivity index (χ0v) is 11.4. The van der Waals surface area contributed by atoms with Crippen molar-refractivity contribution in [3.05, 3.63) is 28.0 Å². The molecule has 1 atom stereocenters. The summed E-state index contributed by atoms with van der Waals surface area (Å²) in [6, 6.07) is 4.83. The summed E-state index contributed by atoms with van der Waals surface area (Å²) in [6.45, 7) is 4.44. The maximum atomic E-state index is 10.4. The summed E-state index contributed by atoms with van der Waals surface area (Å²) in [7, 11) is 0. The average molecular weight is 265 g/mol. The number of hydrogen-bond acceptors (Lipinski definition) is 3. The van der Waals surface area contributed by atoms with Gasteiger partial charge in [-0.25, -0.2) is 4.79 Å². The molecule has 0 bridgehead atoms. The molecule has 1 fully saturated rings. The van der Waals surface area contributed by atoms with Crippen molar-refractivity contribution >= 4 is 23.4 Å². The maximum absolute atomic E-state index is 10.4. The molecule has 1 N–H and O–H groups in total. The average Bonchev–Trinajstić information content (AvgIpc) is 2.96. The lowest BCUT2D eigenvalue weighted by Gasteiger charge is -2.22. The molecule has 0 radical (unpaired) electrons. The molecule has 3 nitrogen and oxygen atoms in total. The smallest absolute Gasteiger partial charge is 0.328 e. The maximum Gasteiger partial charge on any atom is 0.328 e. The van der Waals surface area contributed by atoms with E-state index in [1.807, 2.05) is 6.07 Å². The van der Waals surface area contributed by atoms with Gasteiger partial charge in [0.25, 0.3) is 0 Å². The zero-order chi connectivity index (χ0) is 13.0. The Hall–Kier alpha value is -1.13. The molecule has 1 aliphatic heterocycles. The van der Waals surface area contributed by atoms with Crippen LogP contribution < -0.4 is 0 Å². The van der Waals surface area contributed by atoms with E-state index >= 15 is 0 Å². The van der Waals surface area contributed by atoms with Crippen LogP contribution in [0.5, 0.6) is 0 Å². The van der Waals surface area contributed by atoms with Crippen LogP contribution in [0.4, 0.5) is 0 Å². The first-order chi connectivity index (χ1) is 8.69. The lowest BCUT2D eigenvalue weighted by Crippen LogP contribution is -2.27. The van der Waals surface area contributed by atoms with E-state index in [4.69, 9.17) is 5.11 Å². The van der Waals surface area contributed by atoms with E-state index in [9.17, 15) is 4.79 Å². The van der Waals surface area contributed by atoms with Crippen LogP contribution in [-0.2, 0) is 11.3 Å². The molecule has 0 aliphatic carbocycles. The molecule has 0 aromatic carbocycles. The fourth-order valence-corrected chi connectivity index (χ4v) is 3.43.